The first kappa shape index (κ1) is 17.1. The Morgan fingerprint density at radius 3 is 2.80 bits per heavy atom. The molecule has 1 aliphatic rings. The zero-order chi connectivity index (χ0) is 15.0. The van der Waals surface area contributed by atoms with Crippen LogP contribution in [0.1, 0.15) is 45.4 Å². The summed E-state index contributed by atoms with van der Waals surface area (Å²) < 4.78 is 0. The van der Waals surface area contributed by atoms with E-state index in [1.165, 1.54) is 0 Å². The van der Waals surface area contributed by atoms with Gasteiger partial charge in [0.25, 0.3) is 0 Å². The summed E-state index contributed by atoms with van der Waals surface area (Å²) in [5.41, 5.74) is 0. The third kappa shape index (κ3) is 5.23. The third-order valence-electron chi connectivity index (χ3n) is 3.72. The van der Waals surface area contributed by atoms with Crippen molar-refractivity contribution in [1.29, 1.82) is 0 Å². The van der Waals surface area contributed by atoms with Gasteiger partial charge in [0, 0.05) is 12.6 Å². The normalized spacial score (nSPS) is 20.5. The lowest BCUT2D eigenvalue weighted by Gasteiger charge is -2.36. The van der Waals surface area contributed by atoms with Crippen LogP contribution in [0.5, 0.6) is 0 Å². The summed E-state index contributed by atoms with van der Waals surface area (Å²) in [5, 5.41) is 11.9. The van der Waals surface area contributed by atoms with Crippen LogP contribution < -0.4 is 5.32 Å². The second-order valence-corrected chi connectivity index (χ2v) is 6.24. The van der Waals surface area contributed by atoms with Crippen molar-refractivity contribution in [2.24, 2.45) is 0 Å². The van der Waals surface area contributed by atoms with Crippen LogP contribution in [0.3, 0.4) is 0 Å². The van der Waals surface area contributed by atoms with Gasteiger partial charge in [-0.15, -0.1) is 0 Å². The number of hydrogen-bond acceptors (Lipinski definition) is 3. The Hall–Kier alpha value is -0.910. The molecule has 0 aromatic rings. The lowest BCUT2D eigenvalue weighted by atomic mass is 9.98. The van der Waals surface area contributed by atoms with Crippen molar-refractivity contribution in [3.05, 3.63) is 0 Å². The summed E-state index contributed by atoms with van der Waals surface area (Å²) in [6, 6.07) is -0.723. The van der Waals surface area contributed by atoms with Crippen molar-refractivity contribution in [1.82, 2.24) is 10.2 Å². The number of hydrogen-bond donors (Lipinski definition) is 2. The Morgan fingerprint density at radius 1 is 1.45 bits per heavy atom. The van der Waals surface area contributed by atoms with Crippen molar-refractivity contribution in [2.45, 2.75) is 57.5 Å². The zero-order valence-electron chi connectivity index (χ0n) is 12.4. The number of carbonyl (C=O) groups is 2. The van der Waals surface area contributed by atoms with Crippen LogP contribution >= 0.6 is 11.8 Å². The second kappa shape index (κ2) is 9.10. The molecule has 0 saturated carbocycles. The van der Waals surface area contributed by atoms with Gasteiger partial charge in [0.2, 0.25) is 0 Å². The number of piperidine rings is 1. The molecule has 1 unspecified atom stereocenters. The number of carboxylic acids is 1. The molecule has 0 bridgehead atoms. The number of nitrogens with zero attached hydrogens (tertiary/aromatic N) is 1. The quantitative estimate of drug-likeness (QED) is 0.758. The molecule has 2 N–H and O–H groups in total. The molecule has 1 heterocycles. The maximum Gasteiger partial charge on any atom is 0.326 e. The maximum atomic E-state index is 12.3. The Labute approximate surface area is 125 Å². The maximum absolute atomic E-state index is 12.3. The van der Waals surface area contributed by atoms with E-state index in [4.69, 9.17) is 0 Å². The summed E-state index contributed by atoms with van der Waals surface area (Å²) in [4.78, 5) is 25.3. The number of amides is 2. The van der Waals surface area contributed by atoms with Gasteiger partial charge in [-0.25, -0.2) is 9.59 Å². The minimum Gasteiger partial charge on any atom is -0.480 e. The van der Waals surface area contributed by atoms with Gasteiger partial charge in [-0.05, 0) is 44.1 Å². The first-order chi connectivity index (χ1) is 9.60. The minimum atomic E-state index is -0.948. The average molecular weight is 302 g/mol. The standard InChI is InChI=1S/C14H26N2O3S/c1-3-6-11-7-4-5-9-16(11)14(19)15-12(13(17)18)8-10-20-2/h11-12H,3-10H2,1-2H3,(H,15,19)(H,17,18)/t11?,12-/m1/s1. The van der Waals surface area contributed by atoms with E-state index in [2.05, 4.69) is 12.2 Å². The molecule has 1 fully saturated rings. The van der Waals surface area contributed by atoms with Crippen molar-refractivity contribution in [3.8, 4) is 0 Å². The molecule has 116 valence electrons. The molecular formula is C14H26N2O3S. The van der Waals surface area contributed by atoms with E-state index in [1.54, 1.807) is 11.8 Å². The van der Waals surface area contributed by atoms with E-state index < -0.39 is 12.0 Å². The second-order valence-electron chi connectivity index (χ2n) is 5.25. The van der Waals surface area contributed by atoms with Crippen LogP contribution in [0, 0.1) is 0 Å². The molecule has 20 heavy (non-hydrogen) atoms. The highest BCUT2D eigenvalue weighted by Crippen LogP contribution is 2.21. The molecule has 0 aliphatic carbocycles. The summed E-state index contributed by atoms with van der Waals surface area (Å²) >= 11 is 1.59. The van der Waals surface area contributed by atoms with Gasteiger partial charge in [0.1, 0.15) is 6.04 Å². The number of thioether (sulfide) groups is 1. The van der Waals surface area contributed by atoms with E-state index in [0.717, 1.165) is 44.4 Å². The number of likely N-dealkylation sites (tertiary alicyclic amines) is 1. The fraction of sp³-hybridized carbons (Fsp3) is 0.857. The van der Waals surface area contributed by atoms with Gasteiger partial charge in [0.15, 0.2) is 0 Å². The number of rotatable bonds is 7. The molecule has 0 aromatic carbocycles. The number of carboxylic acid groups (broad SMARTS) is 1. The fourth-order valence-corrected chi connectivity index (χ4v) is 3.10. The van der Waals surface area contributed by atoms with Crippen LogP contribution in [-0.2, 0) is 4.79 Å². The van der Waals surface area contributed by atoms with Crippen LogP contribution in [0.25, 0.3) is 0 Å². The van der Waals surface area contributed by atoms with Crippen molar-refractivity contribution >= 4 is 23.8 Å². The topological polar surface area (TPSA) is 69.6 Å². The van der Waals surface area contributed by atoms with Crippen molar-refractivity contribution in [2.75, 3.05) is 18.6 Å². The SMILES string of the molecule is CCCC1CCCCN1C(=O)N[C@H](CCSC)C(=O)O. The van der Waals surface area contributed by atoms with Gasteiger partial charge in [-0.3, -0.25) is 0 Å². The lowest BCUT2D eigenvalue weighted by molar-refractivity contribution is -0.139. The monoisotopic (exact) mass is 302 g/mol. The van der Waals surface area contributed by atoms with Gasteiger partial charge >= 0.3 is 12.0 Å². The van der Waals surface area contributed by atoms with Gasteiger partial charge < -0.3 is 15.3 Å². The number of carbonyl (C=O) groups excluding carboxylic acids is 1. The highest BCUT2D eigenvalue weighted by Gasteiger charge is 2.28. The van der Waals surface area contributed by atoms with Crippen molar-refractivity contribution in [3.63, 3.8) is 0 Å². The highest BCUT2D eigenvalue weighted by atomic mass is 32.2. The third-order valence-corrected chi connectivity index (χ3v) is 4.36. The molecule has 5 nitrogen and oxygen atoms in total. The molecule has 1 aliphatic heterocycles. The molecule has 0 aromatic heterocycles. The van der Waals surface area contributed by atoms with Crippen molar-refractivity contribution < 1.29 is 14.7 Å². The molecule has 0 spiro atoms. The molecule has 2 atom stereocenters. The molecule has 1 saturated heterocycles. The Morgan fingerprint density at radius 2 is 2.20 bits per heavy atom. The molecule has 0 radical (unpaired) electrons. The van der Waals surface area contributed by atoms with Crippen LogP contribution in [0.4, 0.5) is 4.79 Å². The predicted octanol–water partition coefficient (Wildman–Crippen LogP) is 2.56. The average Bonchev–Trinajstić information content (AvgIpc) is 2.43. The molecular weight excluding hydrogens is 276 g/mol. The van der Waals surface area contributed by atoms with Crippen LogP contribution in [0.15, 0.2) is 0 Å². The largest absolute Gasteiger partial charge is 0.480 e. The smallest absolute Gasteiger partial charge is 0.326 e. The van der Waals surface area contributed by atoms with Crippen LogP contribution in [-0.4, -0.2) is 52.6 Å². The zero-order valence-corrected chi connectivity index (χ0v) is 13.2. The first-order valence-corrected chi connectivity index (χ1v) is 8.78. The summed E-state index contributed by atoms with van der Waals surface area (Å²) in [6.07, 6.45) is 7.64. The fourth-order valence-electron chi connectivity index (χ4n) is 2.63. The molecule has 2 amide bonds. The van der Waals surface area contributed by atoms with E-state index in [0.29, 0.717) is 6.42 Å². The number of urea groups is 1. The number of aliphatic carboxylic acids is 1. The summed E-state index contributed by atoms with van der Waals surface area (Å²) in [7, 11) is 0. The predicted molar refractivity (Wildman–Crippen MR) is 82.2 cm³/mol. The van der Waals surface area contributed by atoms with Gasteiger partial charge in [-0.2, -0.15) is 11.8 Å². The first-order valence-electron chi connectivity index (χ1n) is 7.39. The molecule has 6 heteroatoms. The van der Waals surface area contributed by atoms with E-state index in [9.17, 15) is 14.7 Å². The van der Waals surface area contributed by atoms with E-state index in [-0.39, 0.29) is 12.1 Å². The Balaban J connectivity index is 2.58. The summed E-state index contributed by atoms with van der Waals surface area (Å²) in [5.74, 6) is -0.216. The Kier molecular flexibility index (Phi) is 7.80. The van der Waals surface area contributed by atoms with Gasteiger partial charge in [-0.1, -0.05) is 13.3 Å². The van der Waals surface area contributed by atoms with Gasteiger partial charge in [0.05, 0.1) is 0 Å². The Bertz CT molecular complexity index is 324. The lowest BCUT2D eigenvalue weighted by Crippen LogP contribution is -2.53. The number of nitrogens with one attached hydrogen (secondary N) is 1. The summed E-state index contributed by atoms with van der Waals surface area (Å²) in [6.45, 7) is 2.86. The molecule has 1 rings (SSSR count). The highest BCUT2D eigenvalue weighted by molar-refractivity contribution is 7.98. The van der Waals surface area contributed by atoms with E-state index >= 15 is 0 Å². The van der Waals surface area contributed by atoms with Crippen LogP contribution in [0.2, 0.25) is 0 Å². The minimum absolute atomic E-state index is 0.211. The van der Waals surface area contributed by atoms with E-state index in [1.807, 2.05) is 11.2 Å².